The monoisotopic (exact) mass is 453 g/mol. The van der Waals surface area contributed by atoms with Crippen LogP contribution in [-0.2, 0) is 0 Å². The third-order valence-corrected chi connectivity index (χ3v) is 5.88. The summed E-state index contributed by atoms with van der Waals surface area (Å²) in [5.74, 6) is 3.43. The maximum absolute atomic E-state index is 12.9. The Kier molecular flexibility index (Phi) is 6.04. The molecule has 3 heterocycles. The molecule has 4 aromatic rings. The molecule has 0 saturated carbocycles. The van der Waals surface area contributed by atoms with Crippen molar-refractivity contribution in [3.8, 4) is 28.7 Å². The van der Waals surface area contributed by atoms with E-state index in [9.17, 15) is 4.79 Å². The molecule has 1 aromatic carbocycles. The van der Waals surface area contributed by atoms with Crippen molar-refractivity contribution >= 4 is 17.5 Å². The normalized spacial score (nSPS) is 11.0. The minimum Gasteiger partial charge on any atom is -0.497 e. The van der Waals surface area contributed by atoms with Gasteiger partial charge in [-0.25, -0.2) is 4.98 Å². The summed E-state index contributed by atoms with van der Waals surface area (Å²) in [4.78, 5) is 17.4. The van der Waals surface area contributed by atoms with Gasteiger partial charge in [-0.05, 0) is 39.0 Å². The number of benzene rings is 1. The van der Waals surface area contributed by atoms with Gasteiger partial charge in [0.15, 0.2) is 17.4 Å². The number of carbonyl (C=O) groups is 1. The third kappa shape index (κ3) is 4.13. The fourth-order valence-electron chi connectivity index (χ4n) is 3.49. The molecule has 0 aliphatic heterocycles. The van der Waals surface area contributed by atoms with E-state index in [0.29, 0.717) is 39.6 Å². The summed E-state index contributed by atoms with van der Waals surface area (Å²) in [5.41, 5.74) is 3.13. The molecule has 0 bridgehead atoms. The minimum atomic E-state index is -0.0112. The number of aromatic amines is 1. The predicted octanol–water partition coefficient (Wildman–Crippen LogP) is 4.17. The largest absolute Gasteiger partial charge is 0.497 e. The van der Waals surface area contributed by atoms with E-state index in [4.69, 9.17) is 14.0 Å². The number of aromatic nitrogens is 5. The summed E-state index contributed by atoms with van der Waals surface area (Å²) in [6, 6.07) is 9.15. The summed E-state index contributed by atoms with van der Waals surface area (Å²) >= 11 is 1.27. The summed E-state index contributed by atoms with van der Waals surface area (Å²) in [6.07, 6.45) is 0. The third-order valence-electron chi connectivity index (χ3n) is 5.04. The zero-order valence-electron chi connectivity index (χ0n) is 18.4. The number of nitrogens with one attached hydrogen (secondary N) is 1. The molecule has 0 amide bonds. The first-order chi connectivity index (χ1) is 15.4. The highest BCUT2D eigenvalue weighted by Crippen LogP contribution is 2.32. The van der Waals surface area contributed by atoms with E-state index >= 15 is 0 Å². The minimum absolute atomic E-state index is 0.0112. The van der Waals surface area contributed by atoms with Gasteiger partial charge in [-0.3, -0.25) is 14.5 Å². The molecule has 0 saturated heterocycles. The number of ketones is 1. The lowest BCUT2D eigenvalue weighted by Crippen LogP contribution is -2.06. The fraction of sp³-hybridized carbons (Fsp3) is 0.273. The fourth-order valence-corrected chi connectivity index (χ4v) is 4.17. The van der Waals surface area contributed by atoms with Gasteiger partial charge in [0.2, 0.25) is 5.16 Å². The Morgan fingerprint density at radius 2 is 1.97 bits per heavy atom. The maximum atomic E-state index is 12.9. The average molecular weight is 454 g/mol. The molecule has 0 aliphatic rings. The quantitative estimate of drug-likeness (QED) is 0.313. The van der Waals surface area contributed by atoms with Gasteiger partial charge >= 0.3 is 0 Å². The molecule has 0 spiro atoms. The molecule has 4 rings (SSSR count). The van der Waals surface area contributed by atoms with Crippen molar-refractivity contribution in [2.45, 2.75) is 25.9 Å². The smallest absolute Gasteiger partial charge is 0.209 e. The first-order valence-electron chi connectivity index (χ1n) is 9.84. The molecule has 10 heteroatoms. The summed E-state index contributed by atoms with van der Waals surface area (Å²) in [6.45, 7) is 5.67. The second-order valence-corrected chi connectivity index (χ2v) is 8.10. The number of Topliss-reactive ketones (excluding diaryl/α,β-unsaturated/α-hetero) is 1. The van der Waals surface area contributed by atoms with Crippen molar-refractivity contribution in [3.63, 3.8) is 0 Å². The molecule has 9 nitrogen and oxygen atoms in total. The van der Waals surface area contributed by atoms with Gasteiger partial charge in [-0.2, -0.15) is 0 Å². The van der Waals surface area contributed by atoms with Crippen LogP contribution in [0.25, 0.3) is 17.2 Å². The Balaban J connectivity index is 1.49. The van der Waals surface area contributed by atoms with Crippen molar-refractivity contribution in [1.29, 1.82) is 0 Å². The highest BCUT2D eigenvalue weighted by Gasteiger charge is 2.20. The van der Waals surface area contributed by atoms with E-state index in [0.717, 1.165) is 17.0 Å². The Labute approximate surface area is 189 Å². The molecule has 32 heavy (non-hydrogen) atoms. The highest BCUT2D eigenvalue weighted by atomic mass is 32.2. The predicted molar refractivity (Wildman–Crippen MR) is 120 cm³/mol. The van der Waals surface area contributed by atoms with Crippen LogP contribution in [0, 0.1) is 20.8 Å². The van der Waals surface area contributed by atoms with Crippen molar-refractivity contribution in [2.24, 2.45) is 0 Å². The maximum Gasteiger partial charge on any atom is 0.209 e. The van der Waals surface area contributed by atoms with Gasteiger partial charge in [-0.15, -0.1) is 5.10 Å². The van der Waals surface area contributed by atoms with Gasteiger partial charge in [0.1, 0.15) is 17.3 Å². The molecular weight excluding hydrogens is 430 g/mol. The number of hydrogen-bond acceptors (Lipinski definition) is 8. The Hall–Kier alpha value is -3.53. The Morgan fingerprint density at radius 1 is 1.16 bits per heavy atom. The van der Waals surface area contributed by atoms with Crippen molar-refractivity contribution < 1.29 is 18.8 Å². The highest BCUT2D eigenvalue weighted by molar-refractivity contribution is 7.99. The van der Waals surface area contributed by atoms with E-state index in [1.807, 2.05) is 49.6 Å². The molecular formula is C22H23N5O4S. The SMILES string of the molecule is COc1ccc(-c2nc(SCC(=O)c3cc(C)n(-c4cc(C)on4)c3C)n[nH]2)c(OC)c1. The number of rotatable bonds is 8. The van der Waals surface area contributed by atoms with Crippen LogP contribution < -0.4 is 9.47 Å². The molecule has 3 aromatic heterocycles. The first kappa shape index (κ1) is 21.7. The number of nitrogens with zero attached hydrogens (tertiary/aromatic N) is 4. The van der Waals surface area contributed by atoms with Gasteiger partial charge in [0.25, 0.3) is 0 Å². The average Bonchev–Trinajstić information content (AvgIpc) is 3.50. The second kappa shape index (κ2) is 8.91. The first-order valence-corrected chi connectivity index (χ1v) is 10.8. The van der Waals surface area contributed by atoms with E-state index in [2.05, 4.69) is 20.3 Å². The number of hydrogen-bond donors (Lipinski definition) is 1. The second-order valence-electron chi connectivity index (χ2n) is 7.16. The Morgan fingerprint density at radius 3 is 2.66 bits per heavy atom. The molecule has 0 fully saturated rings. The number of ether oxygens (including phenoxy) is 2. The van der Waals surface area contributed by atoms with E-state index in [1.165, 1.54) is 11.8 Å². The van der Waals surface area contributed by atoms with E-state index in [1.54, 1.807) is 20.3 Å². The van der Waals surface area contributed by atoms with Gasteiger partial charge in [-0.1, -0.05) is 16.9 Å². The molecule has 0 atom stereocenters. The zero-order chi connectivity index (χ0) is 22.8. The van der Waals surface area contributed by atoms with Crippen molar-refractivity contribution in [3.05, 3.63) is 53.0 Å². The lowest BCUT2D eigenvalue weighted by Gasteiger charge is -2.07. The van der Waals surface area contributed by atoms with Gasteiger partial charge in [0, 0.05) is 29.1 Å². The summed E-state index contributed by atoms with van der Waals surface area (Å²) in [5, 5.41) is 11.7. The summed E-state index contributed by atoms with van der Waals surface area (Å²) in [7, 11) is 3.18. The van der Waals surface area contributed by atoms with Crippen molar-refractivity contribution in [2.75, 3.05) is 20.0 Å². The van der Waals surface area contributed by atoms with Crippen LogP contribution in [-0.4, -0.2) is 50.7 Å². The van der Waals surface area contributed by atoms with Crippen LogP contribution in [0.5, 0.6) is 11.5 Å². The molecule has 166 valence electrons. The lowest BCUT2D eigenvalue weighted by molar-refractivity contribution is 0.102. The van der Waals surface area contributed by atoms with Crippen LogP contribution in [0.1, 0.15) is 27.5 Å². The molecule has 0 aliphatic carbocycles. The van der Waals surface area contributed by atoms with E-state index in [-0.39, 0.29) is 11.5 Å². The number of H-pyrrole nitrogens is 1. The summed E-state index contributed by atoms with van der Waals surface area (Å²) < 4.78 is 17.7. The number of thioether (sulfide) groups is 1. The Bertz CT molecular complexity index is 1270. The molecule has 0 unspecified atom stereocenters. The molecule has 1 N–H and O–H groups in total. The van der Waals surface area contributed by atoms with Crippen LogP contribution in [0.4, 0.5) is 0 Å². The van der Waals surface area contributed by atoms with Crippen LogP contribution in [0.15, 0.2) is 40.0 Å². The molecule has 0 radical (unpaired) electrons. The van der Waals surface area contributed by atoms with Crippen LogP contribution >= 0.6 is 11.8 Å². The zero-order valence-corrected chi connectivity index (χ0v) is 19.2. The number of carbonyl (C=O) groups excluding carboxylic acids is 1. The van der Waals surface area contributed by atoms with Gasteiger partial charge in [0.05, 0.1) is 25.5 Å². The topological polar surface area (TPSA) is 108 Å². The lowest BCUT2D eigenvalue weighted by atomic mass is 10.2. The van der Waals surface area contributed by atoms with E-state index < -0.39 is 0 Å². The van der Waals surface area contributed by atoms with Crippen LogP contribution in [0.3, 0.4) is 0 Å². The number of methoxy groups -OCH3 is 2. The van der Waals surface area contributed by atoms with Gasteiger partial charge < -0.3 is 14.0 Å². The van der Waals surface area contributed by atoms with Crippen molar-refractivity contribution in [1.82, 2.24) is 24.9 Å². The number of aryl methyl sites for hydroxylation is 2. The van der Waals surface area contributed by atoms with Crippen LogP contribution in [0.2, 0.25) is 0 Å². The standard InChI is InChI=1S/C22H23N5O4S/c1-12-8-17(14(3)27(12)20-9-13(2)31-26-20)18(28)11-32-22-23-21(24-25-22)16-7-6-15(29-4)10-19(16)30-5/h6-10H,11H2,1-5H3,(H,23,24,25).